The number of unbranched alkanes of at least 4 members (excludes halogenated alkanes) is 2. The van der Waals surface area contributed by atoms with E-state index in [1.807, 2.05) is 55.5 Å². The summed E-state index contributed by atoms with van der Waals surface area (Å²) < 4.78 is 7.06. The van der Waals surface area contributed by atoms with Crippen LogP contribution in [0.1, 0.15) is 38.7 Å². The van der Waals surface area contributed by atoms with Crippen molar-refractivity contribution in [2.75, 3.05) is 6.61 Å². The van der Waals surface area contributed by atoms with Crippen LogP contribution >= 0.6 is 0 Å². The maximum absolute atomic E-state index is 12.8. The molecule has 134 valence electrons. The number of carbonyl (C=O) groups is 1. The van der Waals surface area contributed by atoms with Gasteiger partial charge in [0.05, 0.1) is 17.8 Å². The molecule has 3 rings (SSSR count). The largest absolute Gasteiger partial charge is 0.449 e. The van der Waals surface area contributed by atoms with E-state index in [1.165, 1.54) is 6.42 Å². The van der Waals surface area contributed by atoms with Crippen LogP contribution in [0.15, 0.2) is 60.7 Å². The Morgan fingerprint density at radius 1 is 1.04 bits per heavy atom. The van der Waals surface area contributed by atoms with Gasteiger partial charge in [-0.05, 0) is 25.0 Å². The summed E-state index contributed by atoms with van der Waals surface area (Å²) in [6, 6.07) is 18.0. The number of hydrogen-bond donors (Lipinski definition) is 0. The molecule has 0 N–H and O–H groups in total. The second-order valence-electron chi connectivity index (χ2n) is 6.22. The fourth-order valence-electron chi connectivity index (χ4n) is 3.22. The topological polar surface area (TPSA) is 31.2 Å². The summed E-state index contributed by atoms with van der Waals surface area (Å²) in [4.78, 5) is 12.8. The molecule has 0 unspecified atom stereocenters. The van der Waals surface area contributed by atoms with Gasteiger partial charge in [-0.25, -0.2) is 9.36 Å². The number of hydrogen-bond acceptors (Lipinski definition) is 2. The first-order chi connectivity index (χ1) is 12.8. The maximum Gasteiger partial charge on any atom is 0.418 e. The summed E-state index contributed by atoms with van der Waals surface area (Å²) in [6.45, 7) is 4.37. The molecule has 0 atom stereocenters. The number of aromatic nitrogens is 1. The third-order valence-electron chi connectivity index (χ3n) is 4.42. The molecule has 0 bridgehead atoms. The van der Waals surface area contributed by atoms with Gasteiger partial charge in [0.1, 0.15) is 0 Å². The van der Waals surface area contributed by atoms with Crippen LogP contribution in [0.3, 0.4) is 0 Å². The summed E-state index contributed by atoms with van der Waals surface area (Å²) >= 11 is 0. The van der Waals surface area contributed by atoms with Gasteiger partial charge in [0, 0.05) is 10.9 Å². The number of para-hydroxylation sites is 1. The highest BCUT2D eigenvalue weighted by Gasteiger charge is 2.21. The van der Waals surface area contributed by atoms with Crippen molar-refractivity contribution >= 4 is 23.1 Å². The standard InChI is InChI=1S/C23H25NO2/c1-3-5-6-10-16-20-19-15-11-12-17-21(19)24(23(25)26-4-2)22(20)18-13-8-7-9-14-18/h7-17H,3-6H2,1-2H3/b16-10+. The van der Waals surface area contributed by atoms with Gasteiger partial charge in [-0.3, -0.25) is 0 Å². The average molecular weight is 347 g/mol. The van der Waals surface area contributed by atoms with Crippen molar-refractivity contribution in [3.05, 3.63) is 66.2 Å². The van der Waals surface area contributed by atoms with E-state index >= 15 is 0 Å². The molecule has 26 heavy (non-hydrogen) atoms. The van der Waals surface area contributed by atoms with Gasteiger partial charge >= 0.3 is 6.09 Å². The number of rotatable bonds is 6. The van der Waals surface area contributed by atoms with Gasteiger partial charge < -0.3 is 4.74 Å². The van der Waals surface area contributed by atoms with Crippen molar-refractivity contribution in [2.24, 2.45) is 0 Å². The number of benzene rings is 2. The molecule has 3 nitrogen and oxygen atoms in total. The van der Waals surface area contributed by atoms with Gasteiger partial charge in [0.2, 0.25) is 0 Å². The van der Waals surface area contributed by atoms with E-state index in [4.69, 9.17) is 4.74 Å². The van der Waals surface area contributed by atoms with Gasteiger partial charge in [-0.15, -0.1) is 0 Å². The summed E-state index contributed by atoms with van der Waals surface area (Å²) in [7, 11) is 0. The molecule has 2 aromatic carbocycles. The van der Waals surface area contributed by atoms with Gasteiger partial charge in [-0.2, -0.15) is 0 Å². The van der Waals surface area contributed by atoms with Crippen LogP contribution in [0.4, 0.5) is 4.79 Å². The third-order valence-corrected chi connectivity index (χ3v) is 4.42. The highest BCUT2D eigenvalue weighted by molar-refractivity contribution is 6.03. The van der Waals surface area contributed by atoms with Crippen LogP contribution in [0, 0.1) is 0 Å². The molecule has 3 heteroatoms. The maximum atomic E-state index is 12.8. The fourth-order valence-corrected chi connectivity index (χ4v) is 3.22. The highest BCUT2D eigenvalue weighted by Crippen LogP contribution is 2.35. The lowest BCUT2D eigenvalue weighted by Gasteiger charge is -2.10. The normalized spacial score (nSPS) is 11.3. The molecule has 0 saturated heterocycles. The van der Waals surface area contributed by atoms with Crippen LogP contribution < -0.4 is 0 Å². The van der Waals surface area contributed by atoms with Gasteiger partial charge in [0.25, 0.3) is 0 Å². The van der Waals surface area contributed by atoms with Crippen molar-refractivity contribution < 1.29 is 9.53 Å². The molecular weight excluding hydrogens is 322 g/mol. The zero-order valence-electron chi connectivity index (χ0n) is 15.4. The molecule has 0 radical (unpaired) electrons. The minimum absolute atomic E-state index is 0.337. The predicted molar refractivity (Wildman–Crippen MR) is 108 cm³/mol. The summed E-state index contributed by atoms with van der Waals surface area (Å²) in [5, 5.41) is 1.06. The third kappa shape index (κ3) is 3.57. The Morgan fingerprint density at radius 3 is 2.50 bits per heavy atom. The van der Waals surface area contributed by atoms with Crippen LogP contribution in [0.2, 0.25) is 0 Å². The summed E-state index contributed by atoms with van der Waals surface area (Å²) in [5.74, 6) is 0. The Balaban J connectivity index is 2.26. The van der Waals surface area contributed by atoms with E-state index < -0.39 is 0 Å². The quantitative estimate of drug-likeness (QED) is 0.476. The van der Waals surface area contributed by atoms with Gasteiger partial charge in [0.15, 0.2) is 0 Å². The van der Waals surface area contributed by atoms with Crippen molar-refractivity contribution in [3.8, 4) is 11.3 Å². The lowest BCUT2D eigenvalue weighted by Crippen LogP contribution is -2.14. The van der Waals surface area contributed by atoms with E-state index in [1.54, 1.807) is 4.57 Å². The van der Waals surface area contributed by atoms with Crippen molar-refractivity contribution in [1.82, 2.24) is 4.57 Å². The smallest absolute Gasteiger partial charge is 0.418 e. The van der Waals surface area contributed by atoms with E-state index in [0.29, 0.717) is 6.61 Å². The molecule has 0 amide bonds. The van der Waals surface area contributed by atoms with Crippen molar-refractivity contribution in [3.63, 3.8) is 0 Å². The number of nitrogens with zero attached hydrogens (tertiary/aromatic N) is 1. The Bertz CT molecular complexity index is 907. The molecular formula is C23H25NO2. The number of allylic oxidation sites excluding steroid dienone is 1. The van der Waals surface area contributed by atoms with Crippen LogP contribution in [0.25, 0.3) is 28.2 Å². The Kier molecular flexibility index (Phi) is 5.90. The Hall–Kier alpha value is -2.81. The van der Waals surface area contributed by atoms with Crippen LogP contribution in [-0.4, -0.2) is 17.3 Å². The second-order valence-corrected chi connectivity index (χ2v) is 6.22. The number of ether oxygens (including phenoxy) is 1. The van der Waals surface area contributed by atoms with E-state index in [0.717, 1.165) is 40.6 Å². The van der Waals surface area contributed by atoms with Crippen molar-refractivity contribution in [1.29, 1.82) is 0 Å². The lowest BCUT2D eigenvalue weighted by atomic mass is 10.0. The molecule has 0 aliphatic carbocycles. The molecule has 0 fully saturated rings. The Morgan fingerprint density at radius 2 is 1.77 bits per heavy atom. The first kappa shape index (κ1) is 18.0. The SMILES string of the molecule is CCCC/C=C/c1c(-c2ccccc2)n(C(=O)OCC)c2ccccc12. The van der Waals surface area contributed by atoms with Crippen molar-refractivity contribution in [2.45, 2.75) is 33.1 Å². The molecule has 0 saturated carbocycles. The highest BCUT2D eigenvalue weighted by atomic mass is 16.5. The molecule has 1 heterocycles. The fraction of sp³-hybridized carbons (Fsp3) is 0.261. The Labute approximate surface area is 154 Å². The minimum Gasteiger partial charge on any atom is -0.449 e. The zero-order valence-corrected chi connectivity index (χ0v) is 15.4. The van der Waals surface area contributed by atoms with E-state index in [2.05, 4.69) is 25.1 Å². The lowest BCUT2D eigenvalue weighted by molar-refractivity contribution is 0.155. The van der Waals surface area contributed by atoms with E-state index in [9.17, 15) is 4.79 Å². The van der Waals surface area contributed by atoms with Crippen LogP contribution in [0.5, 0.6) is 0 Å². The first-order valence-electron chi connectivity index (χ1n) is 9.30. The van der Waals surface area contributed by atoms with Crippen LogP contribution in [-0.2, 0) is 4.74 Å². The zero-order chi connectivity index (χ0) is 18.4. The molecule has 1 aromatic heterocycles. The number of fused-ring (bicyclic) bond motifs is 1. The summed E-state index contributed by atoms with van der Waals surface area (Å²) in [6.07, 6.45) is 7.37. The molecule has 3 aromatic rings. The minimum atomic E-state index is -0.337. The second kappa shape index (κ2) is 8.52. The first-order valence-corrected chi connectivity index (χ1v) is 9.30. The molecule has 0 spiro atoms. The average Bonchev–Trinajstić information content (AvgIpc) is 3.01. The van der Waals surface area contributed by atoms with E-state index in [-0.39, 0.29) is 6.09 Å². The molecule has 0 aliphatic heterocycles. The van der Waals surface area contributed by atoms with Gasteiger partial charge in [-0.1, -0.05) is 80.4 Å². The molecule has 0 aliphatic rings. The monoisotopic (exact) mass is 347 g/mol. The number of carbonyl (C=O) groups excluding carboxylic acids is 1. The summed E-state index contributed by atoms with van der Waals surface area (Å²) in [5.41, 5.74) is 3.83. The predicted octanol–water partition coefficient (Wildman–Crippen LogP) is 6.52.